The monoisotopic (exact) mass is 491 g/mol. The Morgan fingerprint density at radius 1 is 1.27 bits per heavy atom. The first-order valence-electron chi connectivity index (χ1n) is 9.03. The molecule has 0 saturated carbocycles. The Kier molecular flexibility index (Phi) is 10.8. The van der Waals surface area contributed by atoms with Crippen molar-refractivity contribution in [2.75, 3.05) is 13.6 Å². The van der Waals surface area contributed by atoms with E-state index in [1.165, 1.54) is 4.88 Å². The molecule has 0 radical (unpaired) electrons. The lowest BCUT2D eigenvalue weighted by Gasteiger charge is -2.09. The van der Waals surface area contributed by atoms with Gasteiger partial charge in [-0.3, -0.25) is 4.99 Å². The van der Waals surface area contributed by atoms with E-state index < -0.39 is 0 Å². The Bertz CT molecular complexity index is 666. The molecular weight excluding hydrogens is 461 g/mol. The highest BCUT2D eigenvalue weighted by Gasteiger charge is 2.13. The van der Waals surface area contributed by atoms with Gasteiger partial charge in [-0.1, -0.05) is 25.9 Å². The van der Waals surface area contributed by atoms with E-state index in [2.05, 4.69) is 46.5 Å². The first-order valence-corrected chi connectivity index (χ1v) is 9.85. The molecule has 2 rings (SSSR count). The Hall–Kier alpha value is -1.16. The topological polar surface area (TPSA) is 75.3 Å². The molecule has 0 aliphatic heterocycles. The number of guanidine groups is 1. The molecule has 0 fully saturated rings. The number of aryl methyl sites for hydroxylation is 1. The van der Waals surface area contributed by atoms with Crippen LogP contribution in [0.2, 0.25) is 0 Å². The van der Waals surface area contributed by atoms with E-state index in [4.69, 9.17) is 4.52 Å². The molecule has 0 bridgehead atoms. The standard InChI is InChI=1S/C18H29N5OS.HI/c1-5-13(6-2)16-10-14(24-23-16)11-22-18(19-4)20-9-8-17-21-12-15(7-3)25-17;/h10,12-13H,5-9,11H2,1-4H3,(H2,19,20,22);1H. The second-order valence-electron chi connectivity index (χ2n) is 5.91. The van der Waals surface area contributed by atoms with E-state index in [1.54, 1.807) is 18.4 Å². The molecular formula is C18H30IN5OS. The second kappa shape index (κ2) is 12.3. The number of aliphatic imine (C=N–C) groups is 1. The lowest BCUT2D eigenvalue weighted by Crippen LogP contribution is -2.37. The van der Waals surface area contributed by atoms with Crippen LogP contribution >= 0.6 is 35.3 Å². The third kappa shape index (κ3) is 6.86. The summed E-state index contributed by atoms with van der Waals surface area (Å²) in [7, 11) is 1.77. The van der Waals surface area contributed by atoms with E-state index in [0.29, 0.717) is 12.5 Å². The van der Waals surface area contributed by atoms with E-state index in [9.17, 15) is 0 Å². The van der Waals surface area contributed by atoms with Crippen molar-refractivity contribution in [2.45, 2.75) is 58.9 Å². The van der Waals surface area contributed by atoms with Crippen molar-refractivity contribution < 1.29 is 4.52 Å². The number of thiazole rings is 1. The minimum atomic E-state index is 0. The summed E-state index contributed by atoms with van der Waals surface area (Å²) in [6, 6.07) is 2.04. The van der Waals surface area contributed by atoms with Crippen LogP contribution in [0, 0.1) is 0 Å². The van der Waals surface area contributed by atoms with Gasteiger partial charge in [0.15, 0.2) is 11.7 Å². The van der Waals surface area contributed by atoms with Gasteiger partial charge in [0, 0.05) is 43.1 Å². The SMILES string of the molecule is CCc1cnc(CCNC(=NC)NCc2cc(C(CC)CC)no2)s1.I. The Morgan fingerprint density at radius 3 is 2.65 bits per heavy atom. The highest BCUT2D eigenvalue weighted by molar-refractivity contribution is 14.0. The molecule has 0 aromatic carbocycles. The lowest BCUT2D eigenvalue weighted by molar-refractivity contribution is 0.368. The van der Waals surface area contributed by atoms with Gasteiger partial charge in [-0.15, -0.1) is 35.3 Å². The van der Waals surface area contributed by atoms with E-state index in [1.807, 2.05) is 12.3 Å². The molecule has 0 spiro atoms. The number of nitrogens with zero attached hydrogens (tertiary/aromatic N) is 3. The second-order valence-corrected chi connectivity index (χ2v) is 7.11. The molecule has 8 heteroatoms. The van der Waals surface area contributed by atoms with Crippen molar-refractivity contribution in [3.05, 3.63) is 33.6 Å². The third-order valence-electron chi connectivity index (χ3n) is 4.22. The normalized spacial score (nSPS) is 11.5. The lowest BCUT2D eigenvalue weighted by atomic mass is 9.99. The summed E-state index contributed by atoms with van der Waals surface area (Å²) in [4.78, 5) is 10.0. The van der Waals surface area contributed by atoms with Gasteiger partial charge in [0.1, 0.15) is 0 Å². The van der Waals surface area contributed by atoms with Crippen LogP contribution in [0.5, 0.6) is 0 Å². The van der Waals surface area contributed by atoms with Crippen LogP contribution in [0.15, 0.2) is 21.8 Å². The van der Waals surface area contributed by atoms with Gasteiger partial charge in [0.2, 0.25) is 0 Å². The Labute approximate surface area is 177 Å². The average Bonchev–Trinajstić information content (AvgIpc) is 3.28. The number of halogens is 1. The van der Waals surface area contributed by atoms with Crippen molar-refractivity contribution in [2.24, 2.45) is 4.99 Å². The quantitative estimate of drug-likeness (QED) is 0.314. The largest absolute Gasteiger partial charge is 0.359 e. The van der Waals surface area contributed by atoms with Crippen molar-refractivity contribution in [3.63, 3.8) is 0 Å². The fourth-order valence-corrected chi connectivity index (χ4v) is 3.48. The highest BCUT2D eigenvalue weighted by atomic mass is 127. The molecule has 0 aliphatic carbocycles. The molecule has 2 heterocycles. The maximum Gasteiger partial charge on any atom is 0.191 e. The predicted octanol–water partition coefficient (Wildman–Crippen LogP) is 4.12. The highest BCUT2D eigenvalue weighted by Crippen LogP contribution is 2.22. The minimum Gasteiger partial charge on any atom is -0.359 e. The van der Waals surface area contributed by atoms with Crippen molar-refractivity contribution in [3.8, 4) is 0 Å². The molecule has 0 saturated heterocycles. The van der Waals surface area contributed by atoms with Gasteiger partial charge in [-0.25, -0.2) is 4.98 Å². The van der Waals surface area contributed by atoms with Gasteiger partial charge >= 0.3 is 0 Å². The van der Waals surface area contributed by atoms with Crippen LogP contribution in [0.3, 0.4) is 0 Å². The molecule has 0 atom stereocenters. The van der Waals surface area contributed by atoms with Crippen LogP contribution in [0.1, 0.15) is 60.9 Å². The van der Waals surface area contributed by atoms with Crippen molar-refractivity contribution in [1.29, 1.82) is 0 Å². The molecule has 2 aromatic heterocycles. The molecule has 26 heavy (non-hydrogen) atoms. The van der Waals surface area contributed by atoms with Crippen molar-refractivity contribution >= 4 is 41.3 Å². The summed E-state index contributed by atoms with van der Waals surface area (Å²) in [6.45, 7) is 7.88. The molecule has 2 N–H and O–H groups in total. The van der Waals surface area contributed by atoms with Crippen LogP contribution < -0.4 is 10.6 Å². The summed E-state index contributed by atoms with van der Waals surface area (Å²) >= 11 is 1.78. The molecule has 2 aromatic rings. The predicted molar refractivity (Wildman–Crippen MR) is 119 cm³/mol. The first kappa shape index (κ1) is 22.9. The number of aromatic nitrogens is 2. The Morgan fingerprint density at radius 2 is 2.04 bits per heavy atom. The zero-order chi connectivity index (χ0) is 18.1. The third-order valence-corrected chi connectivity index (χ3v) is 5.42. The summed E-state index contributed by atoms with van der Waals surface area (Å²) < 4.78 is 5.43. The van der Waals surface area contributed by atoms with Gasteiger partial charge in [0.25, 0.3) is 0 Å². The van der Waals surface area contributed by atoms with E-state index in [-0.39, 0.29) is 24.0 Å². The summed E-state index contributed by atoms with van der Waals surface area (Å²) in [5.41, 5.74) is 1.04. The van der Waals surface area contributed by atoms with Crippen LogP contribution in [0.25, 0.3) is 0 Å². The van der Waals surface area contributed by atoms with Crippen molar-refractivity contribution in [1.82, 2.24) is 20.8 Å². The molecule has 0 amide bonds. The Balaban J connectivity index is 0.00000338. The number of hydrogen-bond donors (Lipinski definition) is 2. The van der Waals surface area contributed by atoms with Crippen LogP contribution in [-0.2, 0) is 19.4 Å². The van der Waals surface area contributed by atoms with Crippen LogP contribution in [0.4, 0.5) is 0 Å². The zero-order valence-corrected chi connectivity index (χ0v) is 19.2. The number of hydrogen-bond acceptors (Lipinski definition) is 5. The number of nitrogens with one attached hydrogen (secondary N) is 2. The van der Waals surface area contributed by atoms with E-state index in [0.717, 1.165) is 54.6 Å². The molecule has 6 nitrogen and oxygen atoms in total. The fraction of sp³-hybridized carbons (Fsp3) is 0.611. The minimum absolute atomic E-state index is 0. The molecule has 146 valence electrons. The fourth-order valence-electron chi connectivity index (χ4n) is 2.62. The maximum absolute atomic E-state index is 5.43. The van der Waals surface area contributed by atoms with Gasteiger partial charge in [-0.05, 0) is 19.3 Å². The summed E-state index contributed by atoms with van der Waals surface area (Å²) in [5.74, 6) is 2.06. The average molecular weight is 491 g/mol. The van der Waals surface area contributed by atoms with Gasteiger partial charge in [-0.2, -0.15) is 0 Å². The molecule has 0 unspecified atom stereocenters. The van der Waals surface area contributed by atoms with Crippen LogP contribution in [-0.4, -0.2) is 29.7 Å². The van der Waals surface area contributed by atoms with Gasteiger partial charge in [0.05, 0.1) is 17.2 Å². The maximum atomic E-state index is 5.43. The van der Waals surface area contributed by atoms with E-state index >= 15 is 0 Å². The van der Waals surface area contributed by atoms with Gasteiger partial charge < -0.3 is 15.2 Å². The smallest absolute Gasteiger partial charge is 0.191 e. The zero-order valence-electron chi connectivity index (χ0n) is 16.0. The summed E-state index contributed by atoms with van der Waals surface area (Å²) in [6.07, 6.45) is 6.07. The first-order chi connectivity index (χ1) is 12.2. The molecule has 0 aliphatic rings. The number of rotatable bonds is 9. The summed E-state index contributed by atoms with van der Waals surface area (Å²) in [5, 5.41) is 11.9.